The molecule has 1 aromatic rings. The van der Waals surface area contributed by atoms with Gasteiger partial charge in [-0.1, -0.05) is 24.3 Å². The number of amides is 2. The SMILES string of the molecule is O=C(NC[C@H](O)CN1CCc2ccccc2C1)N1CCCS(=O)(=O)CC1. The molecule has 1 aromatic carbocycles. The van der Waals surface area contributed by atoms with Gasteiger partial charge in [0.1, 0.15) is 0 Å². The molecular weight excluding hydrogens is 354 g/mol. The first-order chi connectivity index (χ1) is 12.4. The smallest absolute Gasteiger partial charge is 0.317 e. The fourth-order valence-electron chi connectivity index (χ4n) is 3.53. The van der Waals surface area contributed by atoms with E-state index in [0.29, 0.717) is 19.5 Å². The van der Waals surface area contributed by atoms with Crippen LogP contribution in [0.5, 0.6) is 0 Å². The van der Waals surface area contributed by atoms with Crippen molar-refractivity contribution < 1.29 is 18.3 Å². The Hall–Kier alpha value is -1.64. The number of fused-ring (bicyclic) bond motifs is 1. The molecule has 0 radical (unpaired) electrons. The van der Waals surface area contributed by atoms with E-state index in [1.807, 2.05) is 12.1 Å². The van der Waals surface area contributed by atoms with Gasteiger partial charge in [-0.25, -0.2) is 13.2 Å². The Balaban J connectivity index is 1.43. The Morgan fingerprint density at radius 3 is 2.73 bits per heavy atom. The second-order valence-corrected chi connectivity index (χ2v) is 9.39. The van der Waals surface area contributed by atoms with E-state index in [9.17, 15) is 18.3 Å². The Bertz CT molecular complexity index is 738. The van der Waals surface area contributed by atoms with E-state index in [4.69, 9.17) is 0 Å². The molecule has 0 unspecified atom stereocenters. The Labute approximate surface area is 154 Å². The lowest BCUT2D eigenvalue weighted by molar-refractivity contribution is 0.103. The number of carbonyl (C=O) groups is 1. The molecule has 2 aliphatic rings. The summed E-state index contributed by atoms with van der Waals surface area (Å²) in [5.74, 6) is 0.145. The minimum atomic E-state index is -3.04. The third-order valence-corrected chi connectivity index (χ3v) is 6.73. The Morgan fingerprint density at radius 1 is 1.15 bits per heavy atom. The number of sulfone groups is 1. The van der Waals surface area contributed by atoms with Crippen LogP contribution in [0.1, 0.15) is 17.5 Å². The summed E-state index contributed by atoms with van der Waals surface area (Å²) >= 11 is 0. The van der Waals surface area contributed by atoms with Crippen LogP contribution in [0.3, 0.4) is 0 Å². The third-order valence-electron chi connectivity index (χ3n) is 5.01. The first kappa shape index (κ1) is 19.1. The van der Waals surface area contributed by atoms with E-state index in [2.05, 4.69) is 22.3 Å². The highest BCUT2D eigenvalue weighted by Crippen LogP contribution is 2.18. The Morgan fingerprint density at radius 2 is 1.92 bits per heavy atom. The van der Waals surface area contributed by atoms with Crippen molar-refractivity contribution in [3.8, 4) is 0 Å². The molecule has 144 valence electrons. The summed E-state index contributed by atoms with van der Waals surface area (Å²) in [6.07, 6.45) is 0.781. The molecule has 1 saturated heterocycles. The van der Waals surface area contributed by atoms with Gasteiger partial charge in [0.25, 0.3) is 0 Å². The van der Waals surface area contributed by atoms with E-state index in [0.717, 1.165) is 19.5 Å². The minimum absolute atomic E-state index is 0.0101. The van der Waals surface area contributed by atoms with Crippen molar-refractivity contribution >= 4 is 15.9 Å². The first-order valence-electron chi connectivity index (χ1n) is 9.13. The molecule has 2 heterocycles. The number of aliphatic hydroxyl groups is 1. The molecule has 3 rings (SSSR count). The maximum atomic E-state index is 12.2. The summed E-state index contributed by atoms with van der Waals surface area (Å²) in [5.41, 5.74) is 2.66. The van der Waals surface area contributed by atoms with Crippen molar-refractivity contribution in [1.82, 2.24) is 15.1 Å². The largest absolute Gasteiger partial charge is 0.390 e. The number of carbonyl (C=O) groups excluding carboxylic acids is 1. The molecule has 2 amide bonds. The lowest BCUT2D eigenvalue weighted by Gasteiger charge is -2.30. The van der Waals surface area contributed by atoms with Crippen molar-refractivity contribution in [3.05, 3.63) is 35.4 Å². The summed E-state index contributed by atoms with van der Waals surface area (Å²) in [5, 5.41) is 13.0. The number of benzene rings is 1. The summed E-state index contributed by atoms with van der Waals surface area (Å²) in [4.78, 5) is 15.9. The van der Waals surface area contributed by atoms with Gasteiger partial charge < -0.3 is 15.3 Å². The zero-order valence-corrected chi connectivity index (χ0v) is 15.7. The second kappa shape index (κ2) is 8.37. The molecule has 0 aliphatic carbocycles. The summed E-state index contributed by atoms with van der Waals surface area (Å²) < 4.78 is 23.2. The van der Waals surface area contributed by atoms with Gasteiger partial charge >= 0.3 is 6.03 Å². The number of hydrogen-bond acceptors (Lipinski definition) is 5. The zero-order valence-electron chi connectivity index (χ0n) is 14.9. The van der Waals surface area contributed by atoms with Gasteiger partial charge in [0.15, 0.2) is 9.84 Å². The van der Waals surface area contributed by atoms with E-state index in [-0.39, 0.29) is 30.6 Å². The number of rotatable bonds is 4. The lowest BCUT2D eigenvalue weighted by atomic mass is 10.00. The molecule has 1 fully saturated rings. The molecule has 8 heteroatoms. The molecule has 7 nitrogen and oxygen atoms in total. The molecule has 1 atom stereocenters. The van der Waals surface area contributed by atoms with Crippen molar-refractivity contribution in [2.75, 3.05) is 44.2 Å². The van der Waals surface area contributed by atoms with Crippen molar-refractivity contribution in [2.45, 2.75) is 25.5 Å². The number of urea groups is 1. The Kier molecular flexibility index (Phi) is 6.16. The van der Waals surface area contributed by atoms with Crippen molar-refractivity contribution in [1.29, 1.82) is 0 Å². The van der Waals surface area contributed by atoms with Crippen LogP contribution in [0.2, 0.25) is 0 Å². The average molecular weight is 381 g/mol. The van der Waals surface area contributed by atoms with Crippen LogP contribution in [-0.4, -0.2) is 79.7 Å². The third kappa shape index (κ3) is 5.18. The van der Waals surface area contributed by atoms with E-state index in [1.54, 1.807) is 0 Å². The molecule has 0 aromatic heterocycles. The van der Waals surface area contributed by atoms with Gasteiger partial charge in [-0.05, 0) is 24.0 Å². The van der Waals surface area contributed by atoms with Crippen LogP contribution in [0.25, 0.3) is 0 Å². The topological polar surface area (TPSA) is 89.9 Å². The summed E-state index contributed by atoms with van der Waals surface area (Å²) in [7, 11) is -3.04. The summed E-state index contributed by atoms with van der Waals surface area (Å²) in [6, 6.07) is 8.03. The monoisotopic (exact) mass is 381 g/mol. The van der Waals surface area contributed by atoms with E-state index >= 15 is 0 Å². The molecule has 0 saturated carbocycles. The van der Waals surface area contributed by atoms with Gasteiger partial charge in [-0.15, -0.1) is 0 Å². The van der Waals surface area contributed by atoms with Crippen molar-refractivity contribution in [2.24, 2.45) is 0 Å². The highest BCUT2D eigenvalue weighted by Gasteiger charge is 2.23. The standard InChI is InChI=1S/C18H27N3O4S/c22-17(14-20-8-6-15-4-1-2-5-16(15)13-20)12-19-18(23)21-7-3-10-26(24,25)11-9-21/h1-2,4-5,17,22H,3,6-14H2,(H,19,23)/t17-/m0/s1. The van der Waals surface area contributed by atoms with Gasteiger partial charge in [0.2, 0.25) is 0 Å². The summed E-state index contributed by atoms with van der Waals surface area (Å²) in [6.45, 7) is 3.03. The predicted molar refractivity (Wildman–Crippen MR) is 99.7 cm³/mol. The van der Waals surface area contributed by atoms with E-state index < -0.39 is 15.9 Å². The molecule has 0 bridgehead atoms. The molecule has 2 aliphatic heterocycles. The van der Waals surface area contributed by atoms with Crippen LogP contribution < -0.4 is 5.32 Å². The zero-order chi connectivity index (χ0) is 18.6. The molecule has 0 spiro atoms. The van der Waals surface area contributed by atoms with Gasteiger partial charge in [-0.2, -0.15) is 0 Å². The second-order valence-electron chi connectivity index (χ2n) is 7.09. The molecule has 2 N–H and O–H groups in total. The van der Waals surface area contributed by atoms with Crippen LogP contribution >= 0.6 is 0 Å². The maximum Gasteiger partial charge on any atom is 0.317 e. The number of aliphatic hydroxyl groups excluding tert-OH is 1. The number of hydrogen-bond donors (Lipinski definition) is 2. The molecule has 26 heavy (non-hydrogen) atoms. The highest BCUT2D eigenvalue weighted by atomic mass is 32.2. The van der Waals surface area contributed by atoms with E-state index in [1.165, 1.54) is 16.0 Å². The van der Waals surface area contributed by atoms with Crippen molar-refractivity contribution in [3.63, 3.8) is 0 Å². The van der Waals surface area contributed by atoms with Crippen LogP contribution in [0.15, 0.2) is 24.3 Å². The number of β-amino-alcohol motifs (C(OH)–C–C–N with tert-alkyl or cyclic N) is 1. The fraction of sp³-hybridized carbons (Fsp3) is 0.611. The fourth-order valence-corrected chi connectivity index (χ4v) is 4.80. The molecular formula is C18H27N3O4S. The van der Waals surface area contributed by atoms with Crippen LogP contribution in [-0.2, 0) is 22.8 Å². The quantitative estimate of drug-likeness (QED) is 0.780. The average Bonchev–Trinajstić information content (AvgIpc) is 2.80. The highest BCUT2D eigenvalue weighted by molar-refractivity contribution is 7.91. The minimum Gasteiger partial charge on any atom is -0.390 e. The van der Waals surface area contributed by atoms with Crippen LogP contribution in [0.4, 0.5) is 4.79 Å². The van der Waals surface area contributed by atoms with Gasteiger partial charge in [0, 0.05) is 39.3 Å². The van der Waals surface area contributed by atoms with Gasteiger partial charge in [0.05, 0.1) is 17.6 Å². The van der Waals surface area contributed by atoms with Gasteiger partial charge in [-0.3, -0.25) is 4.90 Å². The number of nitrogens with zero attached hydrogens (tertiary/aromatic N) is 2. The normalized spacial score (nSPS) is 21.5. The lowest BCUT2D eigenvalue weighted by Crippen LogP contribution is -2.46. The maximum absolute atomic E-state index is 12.2. The van der Waals surface area contributed by atoms with Crippen LogP contribution in [0, 0.1) is 0 Å². The first-order valence-corrected chi connectivity index (χ1v) is 11.0. The number of nitrogens with one attached hydrogen (secondary N) is 1. The predicted octanol–water partition coefficient (Wildman–Crippen LogP) is 0.236.